The lowest BCUT2D eigenvalue weighted by Gasteiger charge is -2.17. The fraction of sp³-hybridized carbons (Fsp3) is 0.200. The summed E-state index contributed by atoms with van der Waals surface area (Å²) in [6, 6.07) is 12.7. The van der Waals surface area contributed by atoms with Crippen LogP contribution in [0.15, 0.2) is 42.5 Å². The molecular weight excluding hydrogens is 387 g/mol. The molecule has 2 aromatic heterocycles. The lowest BCUT2D eigenvalue weighted by atomic mass is 9.89. The molecule has 1 aliphatic rings. The number of fused-ring (bicyclic) bond motifs is 4. The Morgan fingerprint density at radius 1 is 1.11 bits per heavy atom. The number of ether oxygens (including phenoxy) is 1. The summed E-state index contributed by atoms with van der Waals surface area (Å²) in [5.74, 6) is 0.684. The zero-order valence-electron chi connectivity index (χ0n) is 14.7. The van der Waals surface area contributed by atoms with Crippen LogP contribution >= 0.6 is 11.3 Å². The van der Waals surface area contributed by atoms with Gasteiger partial charge in [-0.05, 0) is 48.7 Å². The number of hydrogen-bond acceptors (Lipinski definition) is 4. The van der Waals surface area contributed by atoms with Gasteiger partial charge in [-0.15, -0.1) is 0 Å². The molecule has 1 aliphatic carbocycles. The number of aromatic nitrogens is 3. The molecule has 0 spiro atoms. The summed E-state index contributed by atoms with van der Waals surface area (Å²) in [5, 5.41) is 4.60. The molecule has 0 atom stereocenters. The van der Waals surface area contributed by atoms with Gasteiger partial charge in [0, 0.05) is 11.1 Å². The Hall–Kier alpha value is -2.87. The SMILES string of the molecule is COc1ccc2c(c1)CCc1c-2nn(-c2nc3ccccc3s2)c1C(F)(F)F. The fourth-order valence-corrected chi connectivity index (χ4v) is 4.60. The van der Waals surface area contributed by atoms with Crippen molar-refractivity contribution < 1.29 is 17.9 Å². The number of rotatable bonds is 2. The third kappa shape index (κ3) is 2.59. The topological polar surface area (TPSA) is 39.9 Å². The molecule has 4 aromatic rings. The third-order valence-corrected chi connectivity index (χ3v) is 5.94. The molecule has 142 valence electrons. The normalized spacial score (nSPS) is 13.4. The first-order valence-corrected chi connectivity index (χ1v) is 9.49. The molecule has 28 heavy (non-hydrogen) atoms. The van der Waals surface area contributed by atoms with Gasteiger partial charge >= 0.3 is 6.18 Å². The van der Waals surface area contributed by atoms with Gasteiger partial charge in [0.2, 0.25) is 5.13 Å². The maximum Gasteiger partial charge on any atom is 0.433 e. The van der Waals surface area contributed by atoms with Crippen LogP contribution in [0, 0.1) is 0 Å². The van der Waals surface area contributed by atoms with Gasteiger partial charge in [0.15, 0.2) is 5.69 Å². The molecule has 0 aliphatic heterocycles. The number of alkyl halides is 3. The molecule has 0 amide bonds. The predicted molar refractivity (Wildman–Crippen MR) is 101 cm³/mol. The van der Waals surface area contributed by atoms with Gasteiger partial charge in [0.1, 0.15) is 5.75 Å². The van der Waals surface area contributed by atoms with Gasteiger partial charge in [0.05, 0.1) is 23.0 Å². The molecule has 0 unspecified atom stereocenters. The van der Waals surface area contributed by atoms with Gasteiger partial charge in [-0.2, -0.15) is 18.3 Å². The van der Waals surface area contributed by atoms with E-state index in [0.29, 0.717) is 28.9 Å². The molecule has 2 heterocycles. The van der Waals surface area contributed by atoms with Crippen LogP contribution in [0.1, 0.15) is 16.8 Å². The number of aryl methyl sites for hydroxylation is 1. The molecule has 0 radical (unpaired) electrons. The van der Waals surface area contributed by atoms with Crippen molar-refractivity contribution in [1.29, 1.82) is 0 Å². The summed E-state index contributed by atoms with van der Waals surface area (Å²) in [4.78, 5) is 4.38. The first-order valence-electron chi connectivity index (χ1n) is 8.68. The fourth-order valence-electron chi connectivity index (χ4n) is 3.68. The molecule has 8 heteroatoms. The third-order valence-electron chi connectivity index (χ3n) is 4.93. The van der Waals surface area contributed by atoms with Gasteiger partial charge in [-0.1, -0.05) is 23.5 Å². The van der Waals surface area contributed by atoms with Crippen molar-refractivity contribution in [3.8, 4) is 22.1 Å². The van der Waals surface area contributed by atoms with E-state index in [1.807, 2.05) is 24.3 Å². The highest BCUT2D eigenvalue weighted by Crippen LogP contribution is 2.43. The molecule has 0 saturated carbocycles. The van der Waals surface area contributed by atoms with Crippen LogP contribution < -0.4 is 4.74 Å². The number of para-hydroxylation sites is 1. The first-order chi connectivity index (χ1) is 13.5. The Labute approximate surface area is 162 Å². The highest BCUT2D eigenvalue weighted by atomic mass is 32.1. The Bertz CT molecular complexity index is 1180. The molecule has 0 bridgehead atoms. The van der Waals surface area contributed by atoms with E-state index in [-0.39, 0.29) is 17.1 Å². The highest BCUT2D eigenvalue weighted by Gasteiger charge is 2.42. The number of nitrogens with zero attached hydrogens (tertiary/aromatic N) is 3. The van der Waals surface area contributed by atoms with Gasteiger partial charge in [-0.25, -0.2) is 9.67 Å². The molecular formula is C20H14F3N3OS. The van der Waals surface area contributed by atoms with Crippen LogP contribution in [-0.2, 0) is 19.0 Å². The van der Waals surface area contributed by atoms with Crippen molar-refractivity contribution in [3.05, 3.63) is 59.3 Å². The summed E-state index contributed by atoms with van der Waals surface area (Å²) >= 11 is 1.20. The predicted octanol–water partition coefficient (Wildman–Crippen LogP) is 5.28. The largest absolute Gasteiger partial charge is 0.497 e. The maximum atomic E-state index is 14.0. The van der Waals surface area contributed by atoms with E-state index in [4.69, 9.17) is 4.74 Å². The van der Waals surface area contributed by atoms with Crippen LogP contribution in [0.25, 0.3) is 26.6 Å². The van der Waals surface area contributed by atoms with Gasteiger partial charge < -0.3 is 4.74 Å². The molecule has 5 rings (SSSR count). The van der Waals surface area contributed by atoms with Gasteiger partial charge in [-0.3, -0.25) is 0 Å². The Morgan fingerprint density at radius 3 is 2.68 bits per heavy atom. The van der Waals surface area contributed by atoms with Crippen LogP contribution in [0.2, 0.25) is 0 Å². The minimum Gasteiger partial charge on any atom is -0.497 e. The average Bonchev–Trinajstić information content (AvgIpc) is 3.28. The summed E-state index contributed by atoms with van der Waals surface area (Å²) < 4.78 is 49.0. The lowest BCUT2D eigenvalue weighted by molar-refractivity contribution is -0.143. The monoisotopic (exact) mass is 401 g/mol. The summed E-state index contributed by atoms with van der Waals surface area (Å²) in [6.07, 6.45) is -3.74. The molecule has 0 N–H and O–H groups in total. The summed E-state index contributed by atoms with van der Waals surface area (Å²) in [7, 11) is 1.57. The Kier molecular flexibility index (Phi) is 3.74. The second-order valence-corrected chi connectivity index (χ2v) is 7.58. The van der Waals surface area contributed by atoms with Crippen molar-refractivity contribution in [1.82, 2.24) is 14.8 Å². The van der Waals surface area contributed by atoms with Crippen LogP contribution in [0.5, 0.6) is 5.75 Å². The van der Waals surface area contributed by atoms with Crippen molar-refractivity contribution in [2.24, 2.45) is 0 Å². The minimum absolute atomic E-state index is 0.220. The van der Waals surface area contributed by atoms with Crippen molar-refractivity contribution >= 4 is 21.6 Å². The molecule has 0 saturated heterocycles. The van der Waals surface area contributed by atoms with E-state index in [1.54, 1.807) is 25.3 Å². The molecule has 0 fully saturated rings. The van der Waals surface area contributed by atoms with Crippen LogP contribution in [-0.4, -0.2) is 21.9 Å². The van der Waals surface area contributed by atoms with E-state index in [2.05, 4.69) is 10.1 Å². The van der Waals surface area contributed by atoms with E-state index in [1.165, 1.54) is 11.3 Å². The van der Waals surface area contributed by atoms with Crippen molar-refractivity contribution in [3.63, 3.8) is 0 Å². The van der Waals surface area contributed by atoms with Gasteiger partial charge in [0.25, 0.3) is 0 Å². The van der Waals surface area contributed by atoms with Crippen LogP contribution in [0.4, 0.5) is 13.2 Å². The quantitative estimate of drug-likeness (QED) is 0.459. The number of benzene rings is 2. The number of halogens is 3. The smallest absolute Gasteiger partial charge is 0.433 e. The maximum absolute atomic E-state index is 14.0. The second kappa shape index (κ2) is 6.07. The van der Waals surface area contributed by atoms with E-state index in [0.717, 1.165) is 14.9 Å². The van der Waals surface area contributed by atoms with E-state index < -0.39 is 11.9 Å². The first kappa shape index (κ1) is 17.2. The zero-order valence-corrected chi connectivity index (χ0v) is 15.6. The minimum atomic E-state index is -4.53. The zero-order chi connectivity index (χ0) is 19.5. The van der Waals surface area contributed by atoms with Crippen molar-refractivity contribution in [2.75, 3.05) is 7.11 Å². The van der Waals surface area contributed by atoms with Crippen molar-refractivity contribution in [2.45, 2.75) is 19.0 Å². The Morgan fingerprint density at radius 2 is 1.93 bits per heavy atom. The average molecular weight is 401 g/mol. The van der Waals surface area contributed by atoms with E-state index >= 15 is 0 Å². The lowest BCUT2D eigenvalue weighted by Crippen LogP contribution is -2.16. The number of methoxy groups -OCH3 is 1. The number of thiazole rings is 1. The Balaban J connectivity index is 1.75. The second-order valence-electron chi connectivity index (χ2n) is 6.57. The van der Waals surface area contributed by atoms with Crippen LogP contribution in [0.3, 0.4) is 0 Å². The summed E-state index contributed by atoms with van der Waals surface area (Å²) in [6.45, 7) is 0. The highest BCUT2D eigenvalue weighted by molar-refractivity contribution is 7.20. The molecule has 2 aromatic carbocycles. The van der Waals surface area contributed by atoms with E-state index in [9.17, 15) is 13.2 Å². The standard InChI is InChI=1S/C20H14F3N3OS/c1-27-12-7-9-13-11(10-12)6-8-14-17(13)25-26(18(14)20(21,22)23)19-24-15-4-2-3-5-16(15)28-19/h2-5,7,9-10H,6,8H2,1H3. The molecule has 4 nitrogen and oxygen atoms in total. The number of hydrogen-bond donors (Lipinski definition) is 0. The summed E-state index contributed by atoms with van der Waals surface area (Å²) in [5.41, 5.74) is 2.18.